The van der Waals surface area contributed by atoms with Gasteiger partial charge in [-0.25, -0.2) is 8.42 Å². The first-order chi connectivity index (χ1) is 7.53. The lowest BCUT2D eigenvalue weighted by Crippen LogP contribution is -2.25. The fourth-order valence-electron chi connectivity index (χ4n) is 1.33. The van der Waals surface area contributed by atoms with Crippen LogP contribution in [-0.4, -0.2) is 42.8 Å². The van der Waals surface area contributed by atoms with E-state index in [-0.39, 0.29) is 11.5 Å². The summed E-state index contributed by atoms with van der Waals surface area (Å²) in [5, 5.41) is 7.18. The lowest BCUT2D eigenvalue weighted by atomic mass is 10.2. The normalized spacial score (nSPS) is 11.9. The first kappa shape index (κ1) is 13.2. The van der Waals surface area contributed by atoms with Crippen LogP contribution in [0.25, 0.3) is 0 Å². The van der Waals surface area contributed by atoms with Gasteiger partial charge in [-0.2, -0.15) is 5.10 Å². The Labute approximate surface area is 96.8 Å². The third kappa shape index (κ3) is 4.76. The Morgan fingerprint density at radius 2 is 2.19 bits per heavy atom. The fraction of sp³-hybridized carbons (Fsp3) is 0.700. The number of aromatic nitrogens is 2. The van der Waals surface area contributed by atoms with E-state index in [2.05, 4.69) is 10.4 Å². The largest absolute Gasteiger partial charge is 0.315 e. The number of sulfone groups is 1. The summed E-state index contributed by atoms with van der Waals surface area (Å²) < 4.78 is 24.1. The Hall–Kier alpha value is -0.880. The molecule has 6 heteroatoms. The first-order valence-corrected chi connectivity index (χ1v) is 7.24. The molecule has 16 heavy (non-hydrogen) atoms. The molecule has 0 saturated carbocycles. The maximum Gasteiger partial charge on any atom is 0.151 e. The third-order valence-electron chi connectivity index (χ3n) is 2.38. The van der Waals surface area contributed by atoms with Gasteiger partial charge in [0.25, 0.3) is 0 Å². The van der Waals surface area contributed by atoms with Gasteiger partial charge >= 0.3 is 0 Å². The minimum Gasteiger partial charge on any atom is -0.315 e. The summed E-state index contributed by atoms with van der Waals surface area (Å²) in [6.45, 7) is 2.98. The second-order valence-corrected chi connectivity index (χ2v) is 6.23. The lowest BCUT2D eigenvalue weighted by Gasteiger charge is -2.03. The molecule has 1 N–H and O–H groups in total. The smallest absolute Gasteiger partial charge is 0.151 e. The zero-order chi connectivity index (χ0) is 12.0. The van der Waals surface area contributed by atoms with E-state index < -0.39 is 9.84 Å². The molecule has 0 fully saturated rings. The number of nitrogens with one attached hydrogen (secondary N) is 1. The van der Waals surface area contributed by atoms with Crippen molar-refractivity contribution in [3.63, 3.8) is 0 Å². The average molecular weight is 245 g/mol. The van der Waals surface area contributed by atoms with Crippen LogP contribution < -0.4 is 5.32 Å². The Balaban J connectivity index is 2.13. The Bertz CT molecular complexity index is 411. The van der Waals surface area contributed by atoms with Crippen molar-refractivity contribution < 1.29 is 8.42 Å². The highest BCUT2D eigenvalue weighted by Gasteiger charge is 2.05. The van der Waals surface area contributed by atoms with Crippen LogP contribution in [0, 0.1) is 0 Å². The molecule has 0 aliphatic rings. The Morgan fingerprint density at radius 1 is 1.44 bits per heavy atom. The van der Waals surface area contributed by atoms with Gasteiger partial charge in [-0.15, -0.1) is 0 Å². The van der Waals surface area contributed by atoms with Crippen LogP contribution in [0.2, 0.25) is 0 Å². The van der Waals surface area contributed by atoms with Crippen molar-refractivity contribution in [2.45, 2.75) is 13.3 Å². The van der Waals surface area contributed by atoms with Gasteiger partial charge in [0.1, 0.15) is 0 Å². The SMILES string of the molecule is CCS(=O)(=O)CCNCCc1cnn(C)c1. The van der Waals surface area contributed by atoms with Crippen LogP contribution in [0.15, 0.2) is 12.4 Å². The molecule has 1 aromatic heterocycles. The van der Waals surface area contributed by atoms with Gasteiger partial charge in [0.2, 0.25) is 0 Å². The van der Waals surface area contributed by atoms with Crippen LogP contribution in [0.3, 0.4) is 0 Å². The molecule has 5 nitrogen and oxygen atoms in total. The molecular formula is C10H19N3O2S. The number of hydrogen-bond donors (Lipinski definition) is 1. The van der Waals surface area contributed by atoms with Gasteiger partial charge in [-0.1, -0.05) is 6.92 Å². The van der Waals surface area contributed by atoms with Gasteiger partial charge in [-0.3, -0.25) is 4.68 Å². The summed E-state index contributed by atoms with van der Waals surface area (Å²) in [6.07, 6.45) is 4.66. The van der Waals surface area contributed by atoms with Crippen LogP contribution in [0.1, 0.15) is 12.5 Å². The Kier molecular flexibility index (Phi) is 4.95. The summed E-state index contributed by atoms with van der Waals surface area (Å²) in [7, 11) is -0.960. The maximum absolute atomic E-state index is 11.2. The van der Waals surface area contributed by atoms with Crippen molar-refractivity contribution in [3.05, 3.63) is 18.0 Å². The van der Waals surface area contributed by atoms with E-state index in [1.807, 2.05) is 19.4 Å². The Morgan fingerprint density at radius 3 is 2.75 bits per heavy atom. The molecule has 92 valence electrons. The molecule has 1 aromatic rings. The monoisotopic (exact) mass is 245 g/mol. The van der Waals surface area contributed by atoms with Crippen LogP contribution in [-0.2, 0) is 23.3 Å². The quantitative estimate of drug-likeness (QED) is 0.686. The van der Waals surface area contributed by atoms with E-state index in [0.29, 0.717) is 6.54 Å². The molecule has 1 rings (SSSR count). The molecule has 0 spiro atoms. The molecule has 0 bridgehead atoms. The van der Waals surface area contributed by atoms with E-state index in [1.54, 1.807) is 11.6 Å². The highest BCUT2D eigenvalue weighted by molar-refractivity contribution is 7.91. The highest BCUT2D eigenvalue weighted by atomic mass is 32.2. The van der Waals surface area contributed by atoms with E-state index >= 15 is 0 Å². The minimum absolute atomic E-state index is 0.219. The van der Waals surface area contributed by atoms with E-state index in [1.165, 1.54) is 0 Å². The number of nitrogens with zero attached hydrogens (tertiary/aromatic N) is 2. The van der Waals surface area contributed by atoms with E-state index in [0.717, 1.165) is 18.5 Å². The summed E-state index contributed by atoms with van der Waals surface area (Å²) in [4.78, 5) is 0. The first-order valence-electron chi connectivity index (χ1n) is 5.42. The lowest BCUT2D eigenvalue weighted by molar-refractivity contribution is 0.592. The molecule has 0 saturated heterocycles. The molecule has 1 heterocycles. The van der Waals surface area contributed by atoms with Crippen LogP contribution in [0.4, 0.5) is 0 Å². The fourth-order valence-corrected chi connectivity index (χ4v) is 2.07. The summed E-state index contributed by atoms with van der Waals surface area (Å²) in [6, 6.07) is 0. The van der Waals surface area contributed by atoms with Crippen LogP contribution >= 0.6 is 0 Å². The molecule has 0 aliphatic carbocycles. The van der Waals surface area contributed by atoms with Gasteiger partial charge in [0, 0.05) is 25.5 Å². The van der Waals surface area contributed by atoms with Gasteiger partial charge in [0.05, 0.1) is 11.9 Å². The standard InChI is InChI=1S/C10H19N3O2S/c1-3-16(14,15)7-6-11-5-4-10-8-12-13(2)9-10/h8-9,11H,3-7H2,1-2H3. The number of aryl methyl sites for hydroxylation is 1. The summed E-state index contributed by atoms with van der Waals surface area (Å²) in [5.41, 5.74) is 1.16. The van der Waals surface area contributed by atoms with E-state index in [4.69, 9.17) is 0 Å². The van der Waals surface area contributed by atoms with Crippen molar-refractivity contribution in [1.82, 2.24) is 15.1 Å². The van der Waals surface area contributed by atoms with Gasteiger partial charge in [0.15, 0.2) is 9.84 Å². The molecule has 0 aromatic carbocycles. The molecule has 0 unspecified atom stereocenters. The van der Waals surface area contributed by atoms with Crippen LogP contribution in [0.5, 0.6) is 0 Å². The highest BCUT2D eigenvalue weighted by Crippen LogP contribution is 1.96. The van der Waals surface area contributed by atoms with Gasteiger partial charge < -0.3 is 5.32 Å². The zero-order valence-corrected chi connectivity index (χ0v) is 10.6. The topological polar surface area (TPSA) is 64.0 Å². The predicted molar refractivity (Wildman–Crippen MR) is 64.1 cm³/mol. The predicted octanol–water partition coefficient (Wildman–Crippen LogP) is -0.0131. The van der Waals surface area contributed by atoms with Crippen molar-refractivity contribution in [2.24, 2.45) is 7.05 Å². The number of rotatable bonds is 7. The molecule has 0 radical (unpaired) electrons. The zero-order valence-electron chi connectivity index (χ0n) is 9.81. The van der Waals surface area contributed by atoms with Gasteiger partial charge in [-0.05, 0) is 18.5 Å². The van der Waals surface area contributed by atoms with Crippen molar-refractivity contribution in [1.29, 1.82) is 0 Å². The van der Waals surface area contributed by atoms with E-state index in [9.17, 15) is 8.42 Å². The third-order valence-corrected chi connectivity index (χ3v) is 4.08. The maximum atomic E-state index is 11.2. The summed E-state index contributed by atoms with van der Waals surface area (Å²) >= 11 is 0. The second-order valence-electron chi connectivity index (χ2n) is 3.76. The van der Waals surface area contributed by atoms with Crippen molar-refractivity contribution in [2.75, 3.05) is 24.6 Å². The second kappa shape index (κ2) is 6.00. The number of hydrogen-bond acceptors (Lipinski definition) is 4. The molecule has 0 aliphatic heterocycles. The summed E-state index contributed by atoms with van der Waals surface area (Å²) in [5.74, 6) is 0.438. The minimum atomic E-state index is -2.84. The molecule has 0 atom stereocenters. The molecular weight excluding hydrogens is 226 g/mol. The van der Waals surface area contributed by atoms with Crippen molar-refractivity contribution >= 4 is 9.84 Å². The molecule has 0 amide bonds. The van der Waals surface area contributed by atoms with Crippen molar-refractivity contribution in [3.8, 4) is 0 Å². The average Bonchev–Trinajstić information content (AvgIpc) is 2.64.